The van der Waals surface area contributed by atoms with Crippen molar-refractivity contribution in [2.24, 2.45) is 0 Å². The molecule has 0 spiro atoms. The molecule has 0 bridgehead atoms. The molecule has 0 aromatic rings. The minimum absolute atomic E-state index is 0.378. The van der Waals surface area contributed by atoms with E-state index >= 15 is 0 Å². The van der Waals surface area contributed by atoms with Crippen molar-refractivity contribution >= 4 is 17.7 Å². The third-order valence-corrected chi connectivity index (χ3v) is 3.72. The predicted molar refractivity (Wildman–Crippen MR) is 75.4 cm³/mol. The summed E-state index contributed by atoms with van der Waals surface area (Å²) in [5, 5.41) is 0. The zero-order valence-electron chi connectivity index (χ0n) is 11.5. The molecular weight excluding hydrogens is 250 g/mol. The van der Waals surface area contributed by atoms with Crippen LogP contribution in [0.2, 0.25) is 0 Å². The van der Waals surface area contributed by atoms with E-state index in [2.05, 4.69) is 6.92 Å². The summed E-state index contributed by atoms with van der Waals surface area (Å²) in [4.78, 5) is 10.4. The molecule has 1 unspecified atom stereocenters. The van der Waals surface area contributed by atoms with Crippen LogP contribution in [0.3, 0.4) is 0 Å². The summed E-state index contributed by atoms with van der Waals surface area (Å²) in [5.74, 6) is 0. The van der Waals surface area contributed by atoms with Crippen molar-refractivity contribution in [2.45, 2.75) is 71.1 Å². The lowest BCUT2D eigenvalue weighted by molar-refractivity contribution is -0.114. The van der Waals surface area contributed by atoms with Gasteiger partial charge in [-0.15, -0.1) is 0 Å². The molecule has 0 radical (unpaired) electrons. The van der Waals surface area contributed by atoms with E-state index in [0.29, 0.717) is 13.0 Å². The van der Waals surface area contributed by atoms with Gasteiger partial charge in [0, 0.05) is 6.54 Å². The fourth-order valence-corrected chi connectivity index (χ4v) is 2.28. The zero-order valence-corrected chi connectivity index (χ0v) is 12.3. The summed E-state index contributed by atoms with van der Waals surface area (Å²) in [7, 11) is 0. The first-order valence-electron chi connectivity index (χ1n) is 7.05. The molecule has 0 saturated heterocycles. The van der Waals surface area contributed by atoms with Crippen LogP contribution in [0.4, 0.5) is 0 Å². The van der Waals surface area contributed by atoms with Crippen molar-refractivity contribution < 1.29 is 13.6 Å². The smallest absolute Gasteiger partial charge is 0.263 e. The van der Waals surface area contributed by atoms with E-state index in [9.17, 15) is 9.00 Å². The normalized spacial score (nSPS) is 12.3. The average Bonchev–Trinajstić information content (AvgIpc) is 2.35. The molecule has 0 aliphatic carbocycles. The highest BCUT2D eigenvalue weighted by Gasteiger charge is 2.06. The van der Waals surface area contributed by atoms with E-state index in [1.807, 2.05) is 0 Å². The van der Waals surface area contributed by atoms with Crippen LogP contribution in [0.15, 0.2) is 0 Å². The van der Waals surface area contributed by atoms with E-state index in [4.69, 9.17) is 4.55 Å². The highest BCUT2D eigenvalue weighted by atomic mass is 32.2. The van der Waals surface area contributed by atoms with Crippen molar-refractivity contribution in [2.75, 3.05) is 6.54 Å². The van der Waals surface area contributed by atoms with Gasteiger partial charge in [0.2, 0.25) is 6.41 Å². The topological polar surface area (TPSA) is 57.6 Å². The first-order valence-corrected chi connectivity index (χ1v) is 8.11. The number of rotatable bonds is 13. The zero-order chi connectivity index (χ0) is 13.6. The van der Waals surface area contributed by atoms with Gasteiger partial charge in [0.15, 0.2) is 0 Å². The van der Waals surface area contributed by atoms with Gasteiger partial charge in [0.1, 0.15) is 0 Å². The Morgan fingerprint density at radius 2 is 1.39 bits per heavy atom. The lowest BCUT2D eigenvalue weighted by Gasteiger charge is -2.10. The molecular formula is C13H27NO3S. The number of nitrogens with zero attached hydrogens (tertiary/aromatic N) is 1. The maximum Gasteiger partial charge on any atom is 0.263 e. The molecule has 0 aromatic carbocycles. The third kappa shape index (κ3) is 10.7. The molecule has 0 fully saturated rings. The van der Waals surface area contributed by atoms with E-state index in [0.717, 1.165) is 23.6 Å². The molecule has 18 heavy (non-hydrogen) atoms. The van der Waals surface area contributed by atoms with Gasteiger partial charge in [-0.25, -0.2) is 8.51 Å². The molecule has 0 aliphatic rings. The summed E-state index contributed by atoms with van der Waals surface area (Å²) in [6, 6.07) is 0. The molecule has 1 atom stereocenters. The van der Waals surface area contributed by atoms with Gasteiger partial charge in [0.05, 0.1) is 0 Å². The second-order valence-corrected chi connectivity index (χ2v) is 5.59. The Labute approximate surface area is 114 Å². The minimum Gasteiger partial charge on any atom is -0.289 e. The van der Waals surface area contributed by atoms with E-state index in [1.165, 1.54) is 44.9 Å². The summed E-state index contributed by atoms with van der Waals surface area (Å²) >= 11 is -2.15. The van der Waals surface area contributed by atoms with Crippen LogP contribution in [0, 0.1) is 0 Å². The van der Waals surface area contributed by atoms with Crippen LogP contribution in [0.1, 0.15) is 71.1 Å². The molecule has 0 heterocycles. The fraction of sp³-hybridized carbons (Fsp3) is 0.923. The van der Waals surface area contributed by atoms with E-state index in [-0.39, 0.29) is 0 Å². The Balaban J connectivity index is 3.20. The van der Waals surface area contributed by atoms with Crippen LogP contribution in [0.25, 0.3) is 0 Å². The van der Waals surface area contributed by atoms with E-state index < -0.39 is 11.3 Å². The SMILES string of the molecule is CCCCCCCCCCCCN(C=O)S(=O)O. The Bertz CT molecular complexity index is 224. The first kappa shape index (κ1) is 17.6. The molecule has 0 aliphatic heterocycles. The number of carbonyl (C=O) groups is 1. The first-order chi connectivity index (χ1) is 8.72. The van der Waals surface area contributed by atoms with Gasteiger partial charge in [0.25, 0.3) is 11.3 Å². The monoisotopic (exact) mass is 277 g/mol. The second-order valence-electron chi connectivity index (χ2n) is 4.66. The summed E-state index contributed by atoms with van der Waals surface area (Å²) < 4.78 is 20.3. The van der Waals surface area contributed by atoms with Gasteiger partial charge < -0.3 is 0 Å². The fourth-order valence-electron chi connectivity index (χ4n) is 1.92. The van der Waals surface area contributed by atoms with Crippen LogP contribution >= 0.6 is 0 Å². The quantitative estimate of drug-likeness (QED) is 0.318. The number of carbonyl (C=O) groups excluding carboxylic acids is 1. The number of amides is 1. The predicted octanol–water partition coefficient (Wildman–Crippen LogP) is 3.50. The maximum absolute atomic E-state index is 10.6. The van der Waals surface area contributed by atoms with Crippen molar-refractivity contribution in [3.8, 4) is 0 Å². The Hall–Kier alpha value is -0.420. The lowest BCUT2D eigenvalue weighted by atomic mass is 10.1. The Morgan fingerprint density at radius 3 is 1.78 bits per heavy atom. The number of hydrogen-bond donors (Lipinski definition) is 1. The van der Waals surface area contributed by atoms with Gasteiger partial charge in [-0.3, -0.25) is 9.35 Å². The van der Waals surface area contributed by atoms with E-state index in [1.54, 1.807) is 0 Å². The van der Waals surface area contributed by atoms with Gasteiger partial charge in [-0.05, 0) is 6.42 Å². The summed E-state index contributed by atoms with van der Waals surface area (Å²) in [6.45, 7) is 2.60. The largest absolute Gasteiger partial charge is 0.289 e. The number of hydrogen-bond acceptors (Lipinski definition) is 2. The van der Waals surface area contributed by atoms with Crippen LogP contribution in [-0.2, 0) is 16.1 Å². The Kier molecular flexibility index (Phi) is 12.7. The molecule has 108 valence electrons. The third-order valence-electron chi connectivity index (χ3n) is 3.05. The van der Waals surface area contributed by atoms with Crippen molar-refractivity contribution in [1.29, 1.82) is 0 Å². The van der Waals surface area contributed by atoms with Gasteiger partial charge in [-0.1, -0.05) is 64.7 Å². The van der Waals surface area contributed by atoms with Crippen LogP contribution in [-0.4, -0.2) is 26.0 Å². The van der Waals surface area contributed by atoms with Gasteiger partial charge in [-0.2, -0.15) is 0 Å². The van der Waals surface area contributed by atoms with Crippen LogP contribution in [0.5, 0.6) is 0 Å². The Morgan fingerprint density at radius 1 is 0.944 bits per heavy atom. The molecule has 1 N–H and O–H groups in total. The molecule has 1 amide bonds. The lowest BCUT2D eigenvalue weighted by Crippen LogP contribution is -2.24. The molecule has 5 heteroatoms. The summed E-state index contributed by atoms with van der Waals surface area (Å²) in [6.07, 6.45) is 12.6. The molecule has 0 aromatic heterocycles. The van der Waals surface area contributed by atoms with Crippen LogP contribution < -0.4 is 0 Å². The second kappa shape index (κ2) is 13.0. The highest BCUT2D eigenvalue weighted by molar-refractivity contribution is 7.77. The standard InChI is InChI=1S/C13H27NO3S/c1-2-3-4-5-6-7-8-9-10-11-12-14(13-15)18(16)17/h13H,2-12H2,1H3,(H,16,17). The minimum atomic E-state index is -2.15. The molecule has 0 rings (SSSR count). The summed E-state index contributed by atoms with van der Waals surface area (Å²) in [5.41, 5.74) is 0. The molecule has 0 saturated carbocycles. The van der Waals surface area contributed by atoms with Gasteiger partial charge >= 0.3 is 0 Å². The highest BCUT2D eigenvalue weighted by Crippen LogP contribution is 2.10. The van der Waals surface area contributed by atoms with Crippen molar-refractivity contribution in [3.05, 3.63) is 0 Å². The molecule has 4 nitrogen and oxygen atoms in total. The maximum atomic E-state index is 10.6. The number of unbranched alkanes of at least 4 members (excludes halogenated alkanes) is 9. The van der Waals surface area contributed by atoms with Crippen molar-refractivity contribution in [3.63, 3.8) is 0 Å². The average molecular weight is 277 g/mol. The van der Waals surface area contributed by atoms with Crippen molar-refractivity contribution in [1.82, 2.24) is 4.31 Å².